The van der Waals surface area contributed by atoms with Crippen LogP contribution in [-0.2, 0) is 7.05 Å². The summed E-state index contributed by atoms with van der Waals surface area (Å²) < 4.78 is 25.7. The number of Topliss-reactive ketones (excluding diaryl/α,β-unsaturated/α-hetero) is 1. The molecule has 2 aromatic heterocycles. The fraction of sp³-hybridized carbons (Fsp3) is 0.250. The maximum absolute atomic E-state index is 11.9. The van der Waals surface area contributed by atoms with Crippen LogP contribution in [0.4, 0.5) is 20.3 Å². The van der Waals surface area contributed by atoms with Crippen molar-refractivity contribution in [2.24, 2.45) is 18.5 Å². The fourth-order valence-electron chi connectivity index (χ4n) is 3.61. The topological polar surface area (TPSA) is 112 Å². The van der Waals surface area contributed by atoms with Gasteiger partial charge in [-0.1, -0.05) is 38.1 Å². The molecular weight excluding hydrogens is 474 g/mol. The van der Waals surface area contributed by atoms with Gasteiger partial charge >= 0.3 is 0 Å². The molecule has 4 aromatic rings. The lowest BCUT2D eigenvalue weighted by atomic mass is 10.1. The number of ketones is 1. The number of carbonyl (C=O) groups is 1. The number of nitrogens with one attached hydrogen (secondary N) is 1. The molecule has 0 aliphatic rings. The molecule has 0 aliphatic carbocycles. The van der Waals surface area contributed by atoms with Crippen LogP contribution in [0.1, 0.15) is 49.7 Å². The SMILES string of the molecule is CC(=O)c1cc2ccc(-c3nccc(Nc4ccc(/C(N)=C/N)cc4)n3)cc2n1C.CCC(F)(F)CC. The third-order valence-corrected chi connectivity index (χ3v) is 6.02. The van der Waals surface area contributed by atoms with Gasteiger partial charge in [-0.05, 0) is 35.9 Å². The van der Waals surface area contributed by atoms with Crippen LogP contribution in [0.25, 0.3) is 28.0 Å². The second-order valence-corrected chi connectivity index (χ2v) is 8.57. The number of aryl methyl sites for hydroxylation is 1. The number of fused-ring (bicyclic) bond motifs is 1. The summed E-state index contributed by atoms with van der Waals surface area (Å²) in [5.74, 6) is -1.11. The lowest BCUT2D eigenvalue weighted by molar-refractivity contribution is -0.00647. The van der Waals surface area contributed by atoms with Crippen LogP contribution < -0.4 is 16.8 Å². The van der Waals surface area contributed by atoms with Gasteiger partial charge in [-0.2, -0.15) is 0 Å². The van der Waals surface area contributed by atoms with Crippen LogP contribution in [0.5, 0.6) is 0 Å². The van der Waals surface area contributed by atoms with Crippen LogP contribution in [0.15, 0.2) is 67.0 Å². The van der Waals surface area contributed by atoms with Gasteiger partial charge in [0.1, 0.15) is 5.82 Å². The van der Waals surface area contributed by atoms with Gasteiger partial charge in [0, 0.05) is 61.4 Å². The zero-order valence-corrected chi connectivity index (χ0v) is 21.4. The minimum Gasteiger partial charge on any atom is -0.403 e. The van der Waals surface area contributed by atoms with E-state index in [-0.39, 0.29) is 18.6 Å². The molecule has 0 aliphatic heterocycles. The van der Waals surface area contributed by atoms with Crippen LogP contribution in [0.3, 0.4) is 0 Å². The quantitative estimate of drug-likeness (QED) is 0.256. The Bertz CT molecular complexity index is 1400. The highest BCUT2D eigenvalue weighted by molar-refractivity contribution is 5.99. The van der Waals surface area contributed by atoms with Crippen molar-refractivity contribution in [3.8, 4) is 11.4 Å². The minimum absolute atomic E-state index is 0.0347. The lowest BCUT2D eigenvalue weighted by Gasteiger charge is -2.09. The highest BCUT2D eigenvalue weighted by Gasteiger charge is 2.21. The molecule has 0 unspecified atom stereocenters. The molecule has 4 rings (SSSR count). The van der Waals surface area contributed by atoms with Crippen LogP contribution in [0, 0.1) is 0 Å². The number of carbonyl (C=O) groups excluding carboxylic acids is 1. The number of hydrogen-bond donors (Lipinski definition) is 3. The van der Waals surface area contributed by atoms with Gasteiger partial charge in [-0.15, -0.1) is 0 Å². The largest absolute Gasteiger partial charge is 0.403 e. The molecule has 2 aromatic carbocycles. The predicted octanol–water partition coefficient (Wildman–Crippen LogP) is 6.24. The number of rotatable bonds is 7. The van der Waals surface area contributed by atoms with E-state index >= 15 is 0 Å². The number of anilines is 2. The average molecular weight is 507 g/mol. The molecule has 7 nitrogen and oxygen atoms in total. The molecule has 0 saturated carbocycles. The van der Waals surface area contributed by atoms with E-state index in [1.807, 2.05) is 60.1 Å². The second kappa shape index (κ2) is 11.6. The first-order chi connectivity index (χ1) is 17.6. The normalized spacial score (nSPS) is 11.7. The lowest BCUT2D eigenvalue weighted by Crippen LogP contribution is -2.10. The first kappa shape index (κ1) is 27.3. The summed E-state index contributed by atoms with van der Waals surface area (Å²) in [7, 11) is 1.89. The Morgan fingerprint density at radius 2 is 1.76 bits per heavy atom. The van der Waals surface area contributed by atoms with E-state index in [0.717, 1.165) is 27.7 Å². The van der Waals surface area contributed by atoms with Crippen molar-refractivity contribution in [3.05, 3.63) is 78.3 Å². The van der Waals surface area contributed by atoms with Crippen molar-refractivity contribution in [1.29, 1.82) is 0 Å². The number of nitrogens with two attached hydrogens (primary N) is 2. The van der Waals surface area contributed by atoms with Crippen molar-refractivity contribution in [1.82, 2.24) is 14.5 Å². The molecule has 0 saturated heterocycles. The van der Waals surface area contributed by atoms with Gasteiger partial charge in [0.2, 0.25) is 5.92 Å². The molecule has 37 heavy (non-hydrogen) atoms. The first-order valence-corrected chi connectivity index (χ1v) is 11.9. The Morgan fingerprint density at radius 3 is 2.32 bits per heavy atom. The molecule has 9 heteroatoms. The van der Waals surface area contributed by atoms with Gasteiger partial charge in [0.05, 0.1) is 11.4 Å². The van der Waals surface area contributed by atoms with E-state index < -0.39 is 5.92 Å². The number of aromatic nitrogens is 3. The fourth-order valence-corrected chi connectivity index (χ4v) is 3.61. The number of nitrogens with zero attached hydrogens (tertiary/aromatic N) is 3. The van der Waals surface area contributed by atoms with Gasteiger partial charge < -0.3 is 21.4 Å². The highest BCUT2D eigenvalue weighted by atomic mass is 19.3. The Labute approximate surface area is 215 Å². The molecule has 0 radical (unpaired) electrons. The summed E-state index contributed by atoms with van der Waals surface area (Å²) in [6.07, 6.45) is 3.01. The Kier molecular flexibility index (Phi) is 8.60. The molecule has 0 bridgehead atoms. The van der Waals surface area contributed by atoms with Gasteiger partial charge in [-0.3, -0.25) is 4.79 Å². The van der Waals surface area contributed by atoms with Crippen LogP contribution in [-0.4, -0.2) is 26.2 Å². The van der Waals surface area contributed by atoms with Crippen LogP contribution >= 0.6 is 0 Å². The van der Waals surface area contributed by atoms with Crippen molar-refractivity contribution in [2.75, 3.05) is 5.32 Å². The van der Waals surface area contributed by atoms with E-state index in [9.17, 15) is 13.6 Å². The minimum atomic E-state index is -2.42. The molecule has 0 amide bonds. The standard InChI is InChI=1S/C23H22N6O.C5H10F2/c1-14(30)20-11-16-3-4-17(12-21(16)29(20)2)23-26-10-9-22(28-23)27-18-7-5-15(6-8-18)19(25)13-24;1-3-5(6,7)4-2/h3-13H,24-25H2,1-2H3,(H,26,27,28);3-4H2,1-2H3/b19-13-;. The third-order valence-electron chi connectivity index (χ3n) is 6.02. The molecule has 2 heterocycles. The van der Waals surface area contributed by atoms with E-state index in [0.29, 0.717) is 23.0 Å². The summed E-state index contributed by atoms with van der Waals surface area (Å²) in [4.78, 5) is 20.9. The number of alkyl halides is 2. The average Bonchev–Trinajstić information content (AvgIpc) is 3.25. The van der Waals surface area contributed by atoms with Gasteiger partial charge in [0.25, 0.3) is 0 Å². The van der Waals surface area contributed by atoms with Crippen molar-refractivity contribution >= 4 is 33.9 Å². The second-order valence-electron chi connectivity index (χ2n) is 8.57. The Morgan fingerprint density at radius 1 is 1.08 bits per heavy atom. The van der Waals surface area contributed by atoms with Gasteiger partial charge in [0.15, 0.2) is 11.6 Å². The molecule has 0 atom stereocenters. The molecule has 5 N–H and O–H groups in total. The molecule has 0 spiro atoms. The zero-order valence-electron chi connectivity index (χ0n) is 21.4. The molecular formula is C28H32F2N6O. The zero-order chi connectivity index (χ0) is 27.2. The summed E-state index contributed by atoms with van der Waals surface area (Å²) in [5, 5.41) is 4.28. The van der Waals surface area contributed by atoms with E-state index in [1.165, 1.54) is 20.0 Å². The summed E-state index contributed by atoms with van der Waals surface area (Å²) in [6.45, 7) is 4.55. The maximum atomic E-state index is 11.9. The monoisotopic (exact) mass is 506 g/mol. The number of hydrogen-bond acceptors (Lipinski definition) is 6. The smallest absolute Gasteiger partial charge is 0.247 e. The summed E-state index contributed by atoms with van der Waals surface area (Å²) in [5.41, 5.74) is 16.0. The summed E-state index contributed by atoms with van der Waals surface area (Å²) in [6, 6.07) is 17.2. The Hall–Kier alpha value is -4.27. The first-order valence-electron chi connectivity index (χ1n) is 11.9. The van der Waals surface area contributed by atoms with E-state index in [1.54, 1.807) is 19.2 Å². The van der Waals surface area contributed by atoms with E-state index in [4.69, 9.17) is 11.5 Å². The number of halogens is 2. The highest BCUT2D eigenvalue weighted by Crippen LogP contribution is 2.26. The molecule has 194 valence electrons. The van der Waals surface area contributed by atoms with Crippen molar-refractivity contribution in [3.63, 3.8) is 0 Å². The molecule has 0 fully saturated rings. The third kappa shape index (κ3) is 6.69. The van der Waals surface area contributed by atoms with Crippen molar-refractivity contribution in [2.45, 2.75) is 39.5 Å². The number of benzene rings is 2. The van der Waals surface area contributed by atoms with E-state index in [2.05, 4.69) is 15.3 Å². The maximum Gasteiger partial charge on any atom is 0.247 e. The van der Waals surface area contributed by atoms with Gasteiger partial charge in [-0.25, -0.2) is 18.7 Å². The summed E-state index contributed by atoms with van der Waals surface area (Å²) >= 11 is 0. The predicted molar refractivity (Wildman–Crippen MR) is 146 cm³/mol. The Balaban J connectivity index is 0.000000479. The van der Waals surface area contributed by atoms with Crippen molar-refractivity contribution < 1.29 is 13.6 Å². The van der Waals surface area contributed by atoms with Crippen LogP contribution in [0.2, 0.25) is 0 Å².